The monoisotopic (exact) mass is 564 g/mol. The van der Waals surface area contributed by atoms with E-state index in [1.807, 2.05) is 0 Å². The molecule has 0 atom stereocenters. The summed E-state index contributed by atoms with van der Waals surface area (Å²) in [7, 11) is -10.7. The lowest BCUT2D eigenvalue weighted by molar-refractivity contribution is 0.424. The van der Waals surface area contributed by atoms with Gasteiger partial charge in [0.05, 0.1) is 5.41 Å². The van der Waals surface area contributed by atoms with Gasteiger partial charge in [0, 0.05) is 0 Å². The van der Waals surface area contributed by atoms with E-state index in [1.165, 1.54) is 0 Å². The number of benzene rings is 4. The fraction of sp³-hybridized carbons (Fsp3) is 0.0400. The van der Waals surface area contributed by atoms with Crippen molar-refractivity contribution in [2.45, 2.75) is 5.41 Å². The molecule has 8 nitrogen and oxygen atoms in total. The molecule has 4 aromatic carbocycles. The van der Waals surface area contributed by atoms with Crippen LogP contribution < -0.4 is 20.7 Å². The fourth-order valence-electron chi connectivity index (χ4n) is 4.48. The fourth-order valence-corrected chi connectivity index (χ4v) is 6.34. The Morgan fingerprint density at radius 3 is 0.595 bits per heavy atom. The molecule has 0 bridgehead atoms. The Labute approximate surface area is 220 Å². The molecule has 0 saturated heterocycles. The normalized spacial score (nSPS) is 12.2. The van der Waals surface area contributed by atoms with E-state index in [9.17, 15) is 38.4 Å². The van der Waals surface area contributed by atoms with Gasteiger partial charge in [-0.1, -0.05) is 97.1 Å². The van der Waals surface area contributed by atoms with Crippen molar-refractivity contribution >= 4 is 57.9 Å². The van der Waals surface area contributed by atoms with Gasteiger partial charge < -0.3 is 38.4 Å². The lowest BCUT2D eigenvalue weighted by atomic mass is 9.65. The highest BCUT2D eigenvalue weighted by Crippen LogP contribution is 2.44. The molecule has 12 heteroatoms. The van der Waals surface area contributed by atoms with Crippen molar-refractivity contribution in [1.29, 1.82) is 0 Å². The topological polar surface area (TPSA) is 162 Å². The molecule has 0 aromatic heterocycles. The first-order valence-corrected chi connectivity index (χ1v) is 16.7. The number of rotatable bonds is 8. The van der Waals surface area contributed by atoms with E-state index < -0.39 is 42.6 Å². The molecule has 4 aromatic rings. The molecule has 4 rings (SSSR count). The molecule has 0 saturated carbocycles. The van der Waals surface area contributed by atoms with Crippen LogP contribution in [-0.4, -0.2) is 75.5 Å². The first kappa shape index (κ1) is 27.5. The summed E-state index contributed by atoms with van der Waals surface area (Å²) >= 11 is 0. The molecule has 0 heterocycles. The summed E-state index contributed by atoms with van der Waals surface area (Å²) in [5.74, 6) is 0. The molecule has 188 valence electrons. The first-order chi connectivity index (χ1) is 17.6. The van der Waals surface area contributed by atoms with Crippen LogP contribution in [0.5, 0.6) is 0 Å². The van der Waals surface area contributed by atoms with Crippen molar-refractivity contribution in [2.24, 2.45) is 0 Å². The van der Waals surface area contributed by atoms with Crippen molar-refractivity contribution in [2.75, 3.05) is 0 Å². The van der Waals surface area contributed by atoms with E-state index in [-0.39, 0.29) is 0 Å². The Hall–Kier alpha value is -2.57. The third kappa shape index (κ3) is 5.51. The molecule has 0 amide bonds. The summed E-state index contributed by atoms with van der Waals surface area (Å²) in [6.45, 7) is 0. The largest absolute Gasteiger partial charge is 0.417 e. The standard InChI is InChI=1S/C25H24O8Si4/c26-34(27)21-9-1-17(2-10-21)25(18-3-11-22(12-4-18)35(28)29,19-5-13-23(14-6-19)36(30)31)20-7-15-24(16-8-20)37(32)33/h1-16,26-33H. The van der Waals surface area contributed by atoms with E-state index in [0.29, 0.717) is 20.7 Å². The van der Waals surface area contributed by atoms with Crippen LogP contribution in [0.4, 0.5) is 0 Å². The molecular weight excluding hydrogens is 541 g/mol. The summed E-state index contributed by atoms with van der Waals surface area (Å²) in [5.41, 5.74) is 2.00. The zero-order valence-electron chi connectivity index (χ0n) is 19.3. The summed E-state index contributed by atoms with van der Waals surface area (Å²) in [6, 6.07) is 27.4. The van der Waals surface area contributed by atoms with Crippen LogP contribution in [0.1, 0.15) is 22.3 Å². The predicted octanol–water partition coefficient (Wildman–Crippen LogP) is -3.21. The highest BCUT2D eigenvalue weighted by molar-refractivity contribution is 6.59. The molecule has 0 spiro atoms. The van der Waals surface area contributed by atoms with E-state index in [2.05, 4.69) is 0 Å². The zero-order valence-corrected chi connectivity index (χ0v) is 23.3. The van der Waals surface area contributed by atoms with Gasteiger partial charge in [0.2, 0.25) is 0 Å². The number of hydrogen-bond donors (Lipinski definition) is 8. The van der Waals surface area contributed by atoms with Gasteiger partial charge >= 0.3 is 37.1 Å². The quantitative estimate of drug-likeness (QED) is 0.0820. The molecular formula is C25H24O8Si4. The summed E-state index contributed by atoms with van der Waals surface area (Å²) in [4.78, 5) is 77.9. The van der Waals surface area contributed by atoms with Gasteiger partial charge in [0.15, 0.2) is 0 Å². The van der Waals surface area contributed by atoms with Crippen LogP contribution in [0.2, 0.25) is 0 Å². The van der Waals surface area contributed by atoms with E-state index in [1.54, 1.807) is 97.1 Å². The van der Waals surface area contributed by atoms with Crippen LogP contribution in [0.25, 0.3) is 0 Å². The van der Waals surface area contributed by atoms with Gasteiger partial charge in [0.25, 0.3) is 0 Å². The Bertz CT molecular complexity index is 1100. The van der Waals surface area contributed by atoms with E-state index >= 15 is 0 Å². The zero-order chi connectivity index (χ0) is 26.7. The highest BCUT2D eigenvalue weighted by atomic mass is 28.3. The minimum absolute atomic E-state index is 0.400. The third-order valence-corrected chi connectivity index (χ3v) is 9.70. The Kier molecular flexibility index (Phi) is 8.49. The smallest absolute Gasteiger partial charge is 0.406 e. The second kappa shape index (κ2) is 11.4. The highest BCUT2D eigenvalue weighted by Gasteiger charge is 2.39. The second-order valence-electron chi connectivity index (χ2n) is 8.35. The van der Waals surface area contributed by atoms with Gasteiger partial charge in [0.1, 0.15) is 0 Å². The summed E-state index contributed by atoms with van der Waals surface area (Å²) in [6.07, 6.45) is 0. The Morgan fingerprint density at radius 1 is 0.297 bits per heavy atom. The van der Waals surface area contributed by atoms with Crippen LogP contribution in [0.15, 0.2) is 97.1 Å². The van der Waals surface area contributed by atoms with Crippen molar-refractivity contribution in [3.63, 3.8) is 0 Å². The molecule has 4 radical (unpaired) electrons. The van der Waals surface area contributed by atoms with Crippen LogP contribution in [-0.2, 0) is 5.41 Å². The Morgan fingerprint density at radius 2 is 0.459 bits per heavy atom. The predicted molar refractivity (Wildman–Crippen MR) is 144 cm³/mol. The van der Waals surface area contributed by atoms with Crippen LogP contribution in [0, 0.1) is 0 Å². The molecule has 0 unspecified atom stereocenters. The van der Waals surface area contributed by atoms with Crippen molar-refractivity contribution in [3.8, 4) is 0 Å². The Balaban J connectivity index is 2.05. The minimum atomic E-state index is -2.67. The van der Waals surface area contributed by atoms with Crippen molar-refractivity contribution in [1.82, 2.24) is 0 Å². The SMILES string of the molecule is O[Si](O)c1ccc(C(c2ccc([Si](O)O)cc2)(c2ccc([Si](O)O)cc2)c2ccc([Si](O)O)cc2)cc1. The summed E-state index contributed by atoms with van der Waals surface area (Å²) in [5, 5.41) is 1.60. The average molecular weight is 565 g/mol. The average Bonchev–Trinajstić information content (AvgIpc) is 2.90. The molecule has 8 N–H and O–H groups in total. The molecule has 0 aliphatic rings. The van der Waals surface area contributed by atoms with Gasteiger partial charge in [-0.05, 0) is 43.0 Å². The molecule has 0 aliphatic carbocycles. The van der Waals surface area contributed by atoms with E-state index in [4.69, 9.17) is 0 Å². The maximum absolute atomic E-state index is 9.74. The summed E-state index contributed by atoms with van der Waals surface area (Å²) < 4.78 is 0. The van der Waals surface area contributed by atoms with Crippen LogP contribution in [0.3, 0.4) is 0 Å². The lowest BCUT2D eigenvalue weighted by Gasteiger charge is -2.37. The maximum Gasteiger partial charge on any atom is 0.417 e. The van der Waals surface area contributed by atoms with Gasteiger partial charge in [-0.3, -0.25) is 0 Å². The maximum atomic E-state index is 9.74. The molecule has 37 heavy (non-hydrogen) atoms. The van der Waals surface area contributed by atoms with Crippen LogP contribution >= 0.6 is 0 Å². The van der Waals surface area contributed by atoms with Gasteiger partial charge in [-0.15, -0.1) is 0 Å². The van der Waals surface area contributed by atoms with E-state index in [0.717, 1.165) is 22.3 Å². The number of hydrogen-bond acceptors (Lipinski definition) is 8. The molecule has 0 aliphatic heterocycles. The minimum Gasteiger partial charge on any atom is -0.406 e. The lowest BCUT2D eigenvalue weighted by Crippen LogP contribution is -2.36. The molecule has 0 fully saturated rings. The third-order valence-electron chi connectivity index (χ3n) is 6.30. The second-order valence-corrected chi connectivity index (χ2v) is 13.3. The van der Waals surface area contributed by atoms with Crippen molar-refractivity contribution in [3.05, 3.63) is 119 Å². The first-order valence-electron chi connectivity index (χ1n) is 11.1. The van der Waals surface area contributed by atoms with Crippen molar-refractivity contribution < 1.29 is 38.4 Å². The van der Waals surface area contributed by atoms with Gasteiger partial charge in [-0.2, -0.15) is 0 Å². The van der Waals surface area contributed by atoms with Gasteiger partial charge in [-0.25, -0.2) is 0 Å².